The Morgan fingerprint density at radius 2 is 1.81 bits per heavy atom. The van der Waals surface area contributed by atoms with Crippen LogP contribution in [0.3, 0.4) is 0 Å². The van der Waals surface area contributed by atoms with Gasteiger partial charge in [-0.1, -0.05) is 0 Å². The molecule has 4 N–H and O–H groups in total. The lowest BCUT2D eigenvalue weighted by atomic mass is 9.94. The summed E-state index contributed by atoms with van der Waals surface area (Å²) in [5, 5.41) is 10.9. The minimum absolute atomic E-state index is 0.265. The van der Waals surface area contributed by atoms with Crippen molar-refractivity contribution < 1.29 is 31.1 Å². The quantitative estimate of drug-likeness (QED) is 0.399. The maximum absolute atomic E-state index is 12.9. The van der Waals surface area contributed by atoms with Gasteiger partial charge >= 0.3 is 12.4 Å². The molecule has 0 aliphatic heterocycles. The number of carbonyl (C=O) groups excluding carboxylic acids is 1. The van der Waals surface area contributed by atoms with Crippen molar-refractivity contribution >= 4 is 11.6 Å². The second kappa shape index (κ2) is 7.92. The third-order valence-electron chi connectivity index (χ3n) is 3.66. The van der Waals surface area contributed by atoms with Crippen LogP contribution in [0.1, 0.15) is 37.3 Å². The molecule has 144 valence electrons. The van der Waals surface area contributed by atoms with Crippen LogP contribution in [-0.4, -0.2) is 17.6 Å². The molecule has 0 saturated carbocycles. The Balaban J connectivity index is 2.96. The van der Waals surface area contributed by atoms with Crippen LogP contribution in [-0.2, 0) is 11.0 Å². The van der Waals surface area contributed by atoms with E-state index in [1.54, 1.807) is 0 Å². The monoisotopic (exact) mass is 382 g/mol. The summed E-state index contributed by atoms with van der Waals surface area (Å²) in [5.41, 5.74) is -1.66. The van der Waals surface area contributed by atoms with Gasteiger partial charge in [0, 0.05) is 12.1 Å². The normalized spacial score (nSPS) is 14.4. The molecule has 0 heterocycles. The predicted molar refractivity (Wildman–Crippen MR) is 80.4 cm³/mol. The maximum Gasteiger partial charge on any atom is 0.417 e. The van der Waals surface area contributed by atoms with Gasteiger partial charge in [-0.3, -0.25) is 10.6 Å². The number of hydrogen-bond acceptors (Lipinski definition) is 4. The van der Waals surface area contributed by atoms with Gasteiger partial charge in [0.2, 0.25) is 5.91 Å². The van der Waals surface area contributed by atoms with E-state index in [-0.39, 0.29) is 12.1 Å². The van der Waals surface area contributed by atoms with Gasteiger partial charge in [0.25, 0.3) is 0 Å². The van der Waals surface area contributed by atoms with Gasteiger partial charge in [0.05, 0.1) is 17.2 Å². The van der Waals surface area contributed by atoms with E-state index in [0.717, 1.165) is 12.1 Å². The fourth-order valence-corrected chi connectivity index (χ4v) is 2.12. The Bertz CT molecular complexity index is 695. The molecule has 0 aliphatic rings. The number of rotatable bonds is 6. The number of hydrogen-bond donors (Lipinski definition) is 3. The Kier molecular flexibility index (Phi) is 6.62. The molecule has 11 heteroatoms. The minimum atomic E-state index is -4.81. The molecule has 5 nitrogen and oxygen atoms in total. The molecule has 0 bridgehead atoms. The Morgan fingerprint density at radius 3 is 2.27 bits per heavy atom. The number of halogens is 6. The summed E-state index contributed by atoms with van der Waals surface area (Å²) in [6, 6.07) is 3.93. The van der Waals surface area contributed by atoms with Crippen molar-refractivity contribution in [2.24, 2.45) is 5.84 Å². The van der Waals surface area contributed by atoms with Crippen LogP contribution in [0.2, 0.25) is 0 Å². The van der Waals surface area contributed by atoms with Crippen molar-refractivity contribution in [3.8, 4) is 6.07 Å². The second-order valence-electron chi connectivity index (χ2n) is 5.77. The molecule has 1 aromatic rings. The Hall–Kier alpha value is -2.32. The van der Waals surface area contributed by atoms with Gasteiger partial charge in [-0.15, -0.1) is 0 Å². The third kappa shape index (κ3) is 5.89. The summed E-state index contributed by atoms with van der Waals surface area (Å²) in [7, 11) is 0. The highest BCUT2D eigenvalue weighted by atomic mass is 19.4. The number of nitrogens with one attached hydrogen (secondary N) is 2. The molecule has 0 fully saturated rings. The van der Waals surface area contributed by atoms with Crippen molar-refractivity contribution in [3.63, 3.8) is 0 Å². The number of nitrogens with two attached hydrogens (primary N) is 1. The zero-order valence-electron chi connectivity index (χ0n) is 13.6. The summed E-state index contributed by atoms with van der Waals surface area (Å²) < 4.78 is 75.5. The van der Waals surface area contributed by atoms with Crippen LogP contribution in [0.5, 0.6) is 0 Å². The molecule has 0 spiro atoms. The number of nitrogens with zero attached hydrogens (tertiary/aromatic N) is 1. The zero-order valence-corrected chi connectivity index (χ0v) is 13.6. The number of nitriles is 1. The second-order valence-corrected chi connectivity index (χ2v) is 5.77. The first kappa shape index (κ1) is 21.7. The van der Waals surface area contributed by atoms with Gasteiger partial charge in [0.15, 0.2) is 0 Å². The van der Waals surface area contributed by atoms with Crippen LogP contribution in [0.15, 0.2) is 18.2 Å². The molecule has 0 aliphatic carbocycles. The largest absolute Gasteiger partial charge is 0.417 e. The highest BCUT2D eigenvalue weighted by Gasteiger charge is 2.36. The van der Waals surface area contributed by atoms with E-state index < -0.39 is 47.8 Å². The van der Waals surface area contributed by atoms with Crippen LogP contribution in [0.25, 0.3) is 0 Å². The maximum atomic E-state index is 12.9. The van der Waals surface area contributed by atoms with Gasteiger partial charge in [-0.25, -0.2) is 5.43 Å². The number of hydrazine groups is 1. The molecular weight excluding hydrogens is 366 g/mol. The van der Waals surface area contributed by atoms with Crippen LogP contribution in [0, 0.1) is 11.3 Å². The van der Waals surface area contributed by atoms with Crippen LogP contribution < -0.4 is 16.6 Å². The lowest BCUT2D eigenvalue weighted by Crippen LogP contribution is -2.55. The molecule has 1 amide bonds. The standard InChI is InChI=1S/C15H16F6N4O/c1-13(25-23,5-2-6-14(16,17)18)12(26)24-10-4-3-9(8-22)11(7-10)15(19,20)21/h3-4,7,25H,2,5-6,23H2,1H3,(H,24,26). The first-order valence-electron chi connectivity index (χ1n) is 7.30. The SMILES string of the molecule is CC(CCCC(F)(F)F)(NN)C(=O)Nc1ccc(C#N)c(C(F)(F)F)c1. The molecular formula is C15H16F6N4O. The van der Waals surface area contributed by atoms with Crippen molar-refractivity contribution in [1.29, 1.82) is 5.26 Å². The molecule has 0 radical (unpaired) electrons. The van der Waals surface area contributed by atoms with Gasteiger partial charge in [-0.2, -0.15) is 31.6 Å². The number of amides is 1. The van der Waals surface area contributed by atoms with E-state index in [1.165, 1.54) is 13.0 Å². The van der Waals surface area contributed by atoms with Crippen LogP contribution >= 0.6 is 0 Å². The van der Waals surface area contributed by atoms with E-state index in [2.05, 4.69) is 10.7 Å². The predicted octanol–water partition coefficient (Wildman–Crippen LogP) is 3.47. The first-order chi connectivity index (χ1) is 11.8. The number of anilines is 1. The van der Waals surface area contributed by atoms with Crippen molar-refractivity contribution in [2.45, 2.75) is 44.1 Å². The Morgan fingerprint density at radius 1 is 1.19 bits per heavy atom. The summed E-state index contributed by atoms with van der Waals surface area (Å²) in [6.45, 7) is 1.23. The summed E-state index contributed by atoms with van der Waals surface area (Å²) in [4.78, 5) is 12.3. The summed E-state index contributed by atoms with van der Waals surface area (Å²) in [6.07, 6.45) is -11.0. The van der Waals surface area contributed by atoms with Gasteiger partial charge in [-0.05, 0) is 38.0 Å². The average molecular weight is 382 g/mol. The fraction of sp³-hybridized carbons (Fsp3) is 0.467. The number of carbonyl (C=O) groups is 1. The summed E-state index contributed by atoms with van der Waals surface area (Å²) in [5.74, 6) is 4.34. The molecule has 1 aromatic carbocycles. The lowest BCUT2D eigenvalue weighted by Gasteiger charge is -2.28. The van der Waals surface area contributed by atoms with Crippen molar-refractivity contribution in [3.05, 3.63) is 29.3 Å². The van der Waals surface area contributed by atoms with E-state index >= 15 is 0 Å². The minimum Gasteiger partial charge on any atom is -0.324 e. The topological polar surface area (TPSA) is 90.9 Å². The van der Waals surface area contributed by atoms with Gasteiger partial charge in [0.1, 0.15) is 5.54 Å². The lowest BCUT2D eigenvalue weighted by molar-refractivity contribution is -0.138. The zero-order chi connectivity index (χ0) is 20.2. The van der Waals surface area contributed by atoms with E-state index in [0.29, 0.717) is 6.07 Å². The fourth-order valence-electron chi connectivity index (χ4n) is 2.12. The Labute approximate surface area is 145 Å². The average Bonchev–Trinajstić information content (AvgIpc) is 2.52. The highest BCUT2D eigenvalue weighted by Crippen LogP contribution is 2.34. The van der Waals surface area contributed by atoms with Crippen molar-refractivity contribution in [1.82, 2.24) is 5.43 Å². The number of alkyl halides is 6. The van der Waals surface area contributed by atoms with Crippen molar-refractivity contribution in [2.75, 3.05) is 5.32 Å². The van der Waals surface area contributed by atoms with E-state index in [1.807, 2.05) is 0 Å². The molecule has 1 rings (SSSR count). The molecule has 0 saturated heterocycles. The summed E-state index contributed by atoms with van der Waals surface area (Å²) >= 11 is 0. The van der Waals surface area contributed by atoms with Gasteiger partial charge < -0.3 is 5.32 Å². The van der Waals surface area contributed by atoms with Crippen LogP contribution in [0.4, 0.5) is 32.0 Å². The molecule has 1 atom stereocenters. The highest BCUT2D eigenvalue weighted by molar-refractivity contribution is 5.97. The molecule has 1 unspecified atom stereocenters. The molecule has 26 heavy (non-hydrogen) atoms. The van der Waals surface area contributed by atoms with E-state index in [4.69, 9.17) is 11.1 Å². The smallest absolute Gasteiger partial charge is 0.324 e. The number of benzene rings is 1. The van der Waals surface area contributed by atoms with E-state index in [9.17, 15) is 31.1 Å². The first-order valence-corrected chi connectivity index (χ1v) is 7.30. The third-order valence-corrected chi connectivity index (χ3v) is 3.66. The molecule has 0 aromatic heterocycles.